The number of carboxylic acids is 1. The van der Waals surface area contributed by atoms with Crippen LogP contribution in [0.5, 0.6) is 11.5 Å². The average molecular weight is 315 g/mol. The third-order valence-corrected chi connectivity index (χ3v) is 5.14. The topological polar surface area (TPSA) is 93.1 Å². The maximum absolute atomic E-state index is 12.7. The fourth-order valence-corrected chi connectivity index (χ4v) is 3.79. The fraction of sp³-hybridized carbons (Fsp3) is 0.462. The van der Waals surface area contributed by atoms with E-state index in [2.05, 4.69) is 0 Å². The smallest absolute Gasteiger partial charge is 0.318 e. The highest BCUT2D eigenvalue weighted by Gasteiger charge is 2.40. The molecule has 0 spiro atoms. The molecule has 0 atom stereocenters. The van der Waals surface area contributed by atoms with Gasteiger partial charge in [-0.2, -0.15) is 4.31 Å². The molecule has 0 radical (unpaired) electrons. The van der Waals surface area contributed by atoms with Crippen molar-refractivity contribution >= 4 is 16.0 Å². The molecule has 1 aromatic carbocycles. The predicted octanol–water partition coefficient (Wildman–Crippen LogP) is 0.941. The van der Waals surface area contributed by atoms with E-state index in [0.29, 0.717) is 18.6 Å². The second kappa shape index (κ2) is 5.90. The van der Waals surface area contributed by atoms with Crippen molar-refractivity contribution in [2.45, 2.75) is 23.8 Å². The molecule has 1 aliphatic carbocycles. The van der Waals surface area contributed by atoms with E-state index in [1.807, 2.05) is 0 Å². The van der Waals surface area contributed by atoms with Crippen molar-refractivity contribution in [1.29, 1.82) is 0 Å². The summed E-state index contributed by atoms with van der Waals surface area (Å²) < 4.78 is 36.5. The van der Waals surface area contributed by atoms with Gasteiger partial charge in [-0.3, -0.25) is 4.79 Å². The first-order valence-corrected chi connectivity index (χ1v) is 7.80. The van der Waals surface area contributed by atoms with Crippen molar-refractivity contribution in [2.24, 2.45) is 0 Å². The number of nitrogens with zero attached hydrogens (tertiary/aromatic N) is 1. The van der Waals surface area contributed by atoms with Gasteiger partial charge in [0.1, 0.15) is 22.9 Å². The van der Waals surface area contributed by atoms with E-state index in [9.17, 15) is 13.2 Å². The number of sulfonamides is 1. The second-order valence-electron chi connectivity index (χ2n) is 4.69. The largest absolute Gasteiger partial charge is 0.497 e. The van der Waals surface area contributed by atoms with Crippen LogP contribution in [0, 0.1) is 0 Å². The minimum Gasteiger partial charge on any atom is -0.497 e. The molecule has 1 saturated carbocycles. The molecule has 1 aliphatic rings. The van der Waals surface area contributed by atoms with Crippen molar-refractivity contribution in [2.75, 3.05) is 20.8 Å². The number of aliphatic carboxylic acids is 1. The van der Waals surface area contributed by atoms with Crippen LogP contribution in [0.1, 0.15) is 12.8 Å². The van der Waals surface area contributed by atoms with Crippen molar-refractivity contribution in [3.8, 4) is 11.5 Å². The SMILES string of the molecule is COc1ccc(S(=O)(=O)N(CC(=O)O)C2CC2)c(OC)c1. The van der Waals surface area contributed by atoms with Crippen LogP contribution in [0.2, 0.25) is 0 Å². The summed E-state index contributed by atoms with van der Waals surface area (Å²) in [6.07, 6.45) is 1.34. The number of methoxy groups -OCH3 is 2. The minimum atomic E-state index is -3.93. The summed E-state index contributed by atoms with van der Waals surface area (Å²) >= 11 is 0. The third kappa shape index (κ3) is 3.27. The maximum Gasteiger partial charge on any atom is 0.318 e. The maximum atomic E-state index is 12.7. The Morgan fingerprint density at radius 1 is 1.33 bits per heavy atom. The average Bonchev–Trinajstić information content (AvgIpc) is 3.28. The molecular weight excluding hydrogens is 298 g/mol. The molecule has 1 N–H and O–H groups in total. The van der Waals surface area contributed by atoms with Crippen molar-refractivity contribution in [3.05, 3.63) is 18.2 Å². The van der Waals surface area contributed by atoms with E-state index in [4.69, 9.17) is 14.6 Å². The standard InChI is InChI=1S/C13H17NO6S/c1-19-10-5-6-12(11(7-10)20-2)21(17,18)14(8-13(15)16)9-3-4-9/h5-7,9H,3-4,8H2,1-2H3,(H,15,16). The molecule has 1 aromatic rings. The molecular formula is C13H17NO6S. The molecule has 0 aromatic heterocycles. The Morgan fingerprint density at radius 3 is 2.48 bits per heavy atom. The first-order valence-electron chi connectivity index (χ1n) is 6.36. The van der Waals surface area contributed by atoms with Gasteiger partial charge in [-0.1, -0.05) is 0 Å². The Kier molecular flexibility index (Phi) is 4.38. The van der Waals surface area contributed by atoms with Crippen LogP contribution < -0.4 is 9.47 Å². The molecule has 0 heterocycles. The van der Waals surface area contributed by atoms with Crippen LogP contribution >= 0.6 is 0 Å². The first-order chi connectivity index (χ1) is 9.90. The van der Waals surface area contributed by atoms with Gasteiger partial charge in [0.05, 0.1) is 14.2 Å². The van der Waals surface area contributed by atoms with E-state index in [0.717, 1.165) is 4.31 Å². The summed E-state index contributed by atoms with van der Waals surface area (Å²) in [5.74, 6) is -0.592. The van der Waals surface area contributed by atoms with Crippen molar-refractivity contribution in [1.82, 2.24) is 4.31 Å². The monoisotopic (exact) mass is 315 g/mol. The summed E-state index contributed by atoms with van der Waals surface area (Å²) in [6, 6.07) is 4.07. The number of ether oxygens (including phenoxy) is 2. The van der Waals surface area contributed by atoms with E-state index in [1.54, 1.807) is 0 Å². The van der Waals surface area contributed by atoms with Crippen LogP contribution in [-0.4, -0.2) is 50.6 Å². The minimum absolute atomic E-state index is 0.0565. The van der Waals surface area contributed by atoms with E-state index < -0.39 is 22.5 Å². The number of rotatable bonds is 7. The molecule has 0 saturated heterocycles. The highest BCUT2D eigenvalue weighted by Crippen LogP contribution is 2.36. The van der Waals surface area contributed by atoms with Gasteiger partial charge in [-0.05, 0) is 25.0 Å². The second-order valence-corrected chi connectivity index (χ2v) is 6.55. The van der Waals surface area contributed by atoms with Gasteiger partial charge in [0.25, 0.3) is 0 Å². The molecule has 2 rings (SSSR count). The lowest BCUT2D eigenvalue weighted by Gasteiger charge is -2.21. The Balaban J connectivity index is 2.44. The van der Waals surface area contributed by atoms with Crippen molar-refractivity contribution < 1.29 is 27.8 Å². The van der Waals surface area contributed by atoms with Gasteiger partial charge in [0, 0.05) is 12.1 Å². The normalized spacial score (nSPS) is 15.0. The lowest BCUT2D eigenvalue weighted by Crippen LogP contribution is -2.37. The molecule has 0 unspecified atom stereocenters. The van der Waals surface area contributed by atoms with Gasteiger partial charge in [0.15, 0.2) is 0 Å². The molecule has 0 bridgehead atoms. The molecule has 8 heteroatoms. The molecule has 0 amide bonds. The molecule has 116 valence electrons. The highest BCUT2D eigenvalue weighted by molar-refractivity contribution is 7.89. The van der Waals surface area contributed by atoms with Crippen LogP contribution in [0.15, 0.2) is 23.1 Å². The van der Waals surface area contributed by atoms with Crippen molar-refractivity contribution in [3.63, 3.8) is 0 Å². The summed E-state index contributed by atoms with van der Waals surface area (Å²) in [7, 11) is -1.11. The number of hydrogen-bond donors (Lipinski definition) is 1. The fourth-order valence-electron chi connectivity index (χ4n) is 2.02. The molecule has 21 heavy (non-hydrogen) atoms. The zero-order chi connectivity index (χ0) is 15.6. The summed E-state index contributed by atoms with van der Waals surface area (Å²) in [6.45, 7) is -0.553. The van der Waals surface area contributed by atoms with E-state index in [-0.39, 0.29) is 16.7 Å². The Labute approximate surface area is 123 Å². The first kappa shape index (κ1) is 15.6. The van der Waals surface area contributed by atoms with Gasteiger partial charge in [-0.25, -0.2) is 8.42 Å². The number of carbonyl (C=O) groups is 1. The molecule has 1 fully saturated rings. The zero-order valence-corrected chi connectivity index (χ0v) is 12.6. The van der Waals surface area contributed by atoms with Gasteiger partial charge in [0.2, 0.25) is 10.0 Å². The van der Waals surface area contributed by atoms with E-state index >= 15 is 0 Å². The summed E-state index contributed by atoms with van der Waals surface area (Å²) in [5.41, 5.74) is 0. The lowest BCUT2D eigenvalue weighted by molar-refractivity contribution is -0.137. The lowest BCUT2D eigenvalue weighted by atomic mass is 10.3. The zero-order valence-electron chi connectivity index (χ0n) is 11.8. The Hall–Kier alpha value is -1.80. The number of carboxylic acid groups (broad SMARTS) is 1. The number of benzene rings is 1. The van der Waals surface area contributed by atoms with E-state index in [1.165, 1.54) is 32.4 Å². The van der Waals surface area contributed by atoms with Crippen LogP contribution in [0.3, 0.4) is 0 Å². The predicted molar refractivity (Wildman–Crippen MR) is 74.1 cm³/mol. The molecule has 7 nitrogen and oxygen atoms in total. The Bertz CT molecular complexity index is 638. The highest BCUT2D eigenvalue weighted by atomic mass is 32.2. The van der Waals surface area contributed by atoms with Crippen LogP contribution in [-0.2, 0) is 14.8 Å². The quantitative estimate of drug-likeness (QED) is 0.805. The number of hydrogen-bond acceptors (Lipinski definition) is 5. The van der Waals surface area contributed by atoms with Gasteiger partial charge in [-0.15, -0.1) is 0 Å². The van der Waals surface area contributed by atoms with Crippen LogP contribution in [0.25, 0.3) is 0 Å². The summed E-state index contributed by atoms with van der Waals surface area (Å²) in [4.78, 5) is 10.9. The third-order valence-electron chi connectivity index (χ3n) is 3.20. The summed E-state index contributed by atoms with van der Waals surface area (Å²) in [5, 5.41) is 8.92. The molecule has 0 aliphatic heterocycles. The van der Waals surface area contributed by atoms with Crippen LogP contribution in [0.4, 0.5) is 0 Å². The van der Waals surface area contributed by atoms with Gasteiger partial charge >= 0.3 is 5.97 Å². The van der Waals surface area contributed by atoms with Gasteiger partial charge < -0.3 is 14.6 Å². The Morgan fingerprint density at radius 2 is 2.00 bits per heavy atom.